The highest BCUT2D eigenvalue weighted by molar-refractivity contribution is 4.90. The molecule has 1 N–H and O–H groups in total. The Morgan fingerprint density at radius 3 is 2.81 bits per heavy atom. The van der Waals surface area contributed by atoms with Gasteiger partial charge in [-0.1, -0.05) is 5.16 Å². The summed E-state index contributed by atoms with van der Waals surface area (Å²) in [6.07, 6.45) is 1.69. The molecule has 0 aliphatic heterocycles. The van der Waals surface area contributed by atoms with Gasteiger partial charge in [0, 0.05) is 19.1 Å². The molecule has 0 aliphatic rings. The third-order valence-electron chi connectivity index (χ3n) is 2.55. The number of hydrogen-bond acceptors (Lipinski definition) is 5. The van der Waals surface area contributed by atoms with Crippen LogP contribution in [-0.4, -0.2) is 29.8 Å². The molecule has 0 amide bonds. The predicted molar refractivity (Wildman–Crippen MR) is 61.2 cm³/mol. The third-order valence-corrected chi connectivity index (χ3v) is 2.55. The molecule has 1 aromatic heterocycles. The van der Waals surface area contributed by atoms with Crippen molar-refractivity contribution in [1.29, 1.82) is 0 Å². The van der Waals surface area contributed by atoms with Crippen LogP contribution in [0.3, 0.4) is 0 Å². The number of hydrogen-bond donors (Lipinski definition) is 1. The number of aromatic nitrogens is 2. The third kappa shape index (κ3) is 3.90. The van der Waals surface area contributed by atoms with Crippen molar-refractivity contribution < 1.29 is 9.26 Å². The Labute approximate surface area is 96.6 Å². The first-order chi connectivity index (χ1) is 7.67. The van der Waals surface area contributed by atoms with Gasteiger partial charge in [0.1, 0.15) is 6.10 Å². The Hall–Kier alpha value is -0.940. The molecule has 0 aliphatic carbocycles. The van der Waals surface area contributed by atoms with Crippen LogP contribution in [0.1, 0.15) is 45.0 Å². The molecular formula is C11H21N3O2. The second kappa shape index (κ2) is 6.60. The van der Waals surface area contributed by atoms with Crippen LogP contribution in [0, 0.1) is 0 Å². The Bertz CT molecular complexity index is 301. The smallest absolute Gasteiger partial charge is 0.226 e. The predicted octanol–water partition coefficient (Wildman–Crippen LogP) is 1.71. The zero-order valence-corrected chi connectivity index (χ0v) is 10.5. The van der Waals surface area contributed by atoms with Gasteiger partial charge in [0.05, 0.1) is 0 Å². The fourth-order valence-corrected chi connectivity index (χ4v) is 1.34. The van der Waals surface area contributed by atoms with E-state index >= 15 is 0 Å². The van der Waals surface area contributed by atoms with Crippen LogP contribution < -0.4 is 5.32 Å². The molecule has 0 aromatic carbocycles. The van der Waals surface area contributed by atoms with Crippen molar-refractivity contribution in [3.05, 3.63) is 11.7 Å². The van der Waals surface area contributed by atoms with Crippen LogP contribution >= 0.6 is 0 Å². The molecule has 1 heterocycles. The van der Waals surface area contributed by atoms with Crippen LogP contribution in [0.4, 0.5) is 0 Å². The maximum atomic E-state index is 5.39. The number of ether oxygens (including phenoxy) is 1. The normalized spacial score (nSPS) is 15.0. The summed E-state index contributed by atoms with van der Waals surface area (Å²) in [5.74, 6) is 1.32. The fourth-order valence-electron chi connectivity index (χ4n) is 1.34. The minimum absolute atomic E-state index is 0.0933. The van der Waals surface area contributed by atoms with Crippen molar-refractivity contribution >= 4 is 0 Å². The highest BCUT2D eigenvalue weighted by atomic mass is 16.5. The summed E-state index contributed by atoms with van der Waals surface area (Å²) in [4.78, 5) is 4.30. The topological polar surface area (TPSA) is 60.2 Å². The van der Waals surface area contributed by atoms with Gasteiger partial charge in [-0.15, -0.1) is 0 Å². The van der Waals surface area contributed by atoms with Crippen LogP contribution in [0.2, 0.25) is 0 Å². The Morgan fingerprint density at radius 2 is 2.19 bits per heavy atom. The van der Waals surface area contributed by atoms with E-state index < -0.39 is 0 Å². The molecule has 0 saturated heterocycles. The second-order valence-electron chi connectivity index (χ2n) is 3.87. The average Bonchev–Trinajstić information content (AvgIpc) is 2.75. The van der Waals surface area contributed by atoms with Crippen molar-refractivity contribution in [2.75, 3.05) is 13.7 Å². The van der Waals surface area contributed by atoms with Crippen molar-refractivity contribution in [3.63, 3.8) is 0 Å². The van der Waals surface area contributed by atoms with Gasteiger partial charge < -0.3 is 14.6 Å². The van der Waals surface area contributed by atoms with Crippen LogP contribution in [-0.2, 0) is 11.2 Å². The van der Waals surface area contributed by atoms with Gasteiger partial charge in [0.2, 0.25) is 5.89 Å². The van der Waals surface area contributed by atoms with E-state index in [0.717, 1.165) is 12.8 Å². The quantitative estimate of drug-likeness (QED) is 0.768. The maximum absolute atomic E-state index is 5.39. The summed E-state index contributed by atoms with van der Waals surface area (Å²) in [6, 6.07) is 0.458. The van der Waals surface area contributed by atoms with E-state index in [0.29, 0.717) is 24.4 Å². The van der Waals surface area contributed by atoms with Gasteiger partial charge in [-0.3, -0.25) is 0 Å². The van der Waals surface area contributed by atoms with Crippen molar-refractivity contribution in [1.82, 2.24) is 15.5 Å². The van der Waals surface area contributed by atoms with E-state index in [1.165, 1.54) is 0 Å². The molecule has 1 rings (SSSR count). The average molecular weight is 227 g/mol. The zero-order valence-electron chi connectivity index (χ0n) is 10.5. The van der Waals surface area contributed by atoms with Crippen molar-refractivity contribution in [2.24, 2.45) is 0 Å². The van der Waals surface area contributed by atoms with Crippen LogP contribution in [0.15, 0.2) is 4.52 Å². The minimum Gasteiger partial charge on any atom is -0.371 e. The first-order valence-corrected chi connectivity index (χ1v) is 5.78. The molecule has 2 unspecified atom stereocenters. The molecule has 16 heavy (non-hydrogen) atoms. The summed E-state index contributed by atoms with van der Waals surface area (Å²) in [7, 11) is 1.95. The highest BCUT2D eigenvalue weighted by Gasteiger charge is 2.13. The lowest BCUT2D eigenvalue weighted by Gasteiger charge is -2.06. The van der Waals surface area contributed by atoms with Crippen LogP contribution in [0.25, 0.3) is 0 Å². The first kappa shape index (κ1) is 13.1. The number of rotatable bonds is 7. The lowest BCUT2D eigenvalue weighted by molar-refractivity contribution is 0.0683. The van der Waals surface area contributed by atoms with E-state index in [1.807, 2.05) is 20.9 Å². The molecule has 92 valence electrons. The Kier molecular flexibility index (Phi) is 5.42. The number of aryl methyl sites for hydroxylation is 1. The molecule has 0 radical (unpaired) electrons. The van der Waals surface area contributed by atoms with Gasteiger partial charge in [-0.25, -0.2) is 0 Å². The molecule has 5 heteroatoms. The van der Waals surface area contributed by atoms with E-state index in [4.69, 9.17) is 9.26 Å². The second-order valence-corrected chi connectivity index (χ2v) is 3.87. The molecule has 1 aromatic rings. The lowest BCUT2D eigenvalue weighted by atomic mass is 10.2. The molecule has 2 atom stereocenters. The molecule has 5 nitrogen and oxygen atoms in total. The molecule has 0 saturated carbocycles. The Morgan fingerprint density at radius 1 is 1.44 bits per heavy atom. The number of nitrogens with zero attached hydrogens (tertiary/aromatic N) is 2. The largest absolute Gasteiger partial charge is 0.371 e. The summed E-state index contributed by atoms with van der Waals surface area (Å²) < 4.78 is 10.5. The first-order valence-electron chi connectivity index (χ1n) is 5.78. The summed E-state index contributed by atoms with van der Waals surface area (Å²) in [5, 5.41) is 7.08. The van der Waals surface area contributed by atoms with Gasteiger partial charge in [-0.2, -0.15) is 4.98 Å². The van der Waals surface area contributed by atoms with E-state index in [1.54, 1.807) is 0 Å². The van der Waals surface area contributed by atoms with E-state index in [2.05, 4.69) is 22.4 Å². The number of nitrogens with one attached hydrogen (secondary N) is 1. The van der Waals surface area contributed by atoms with Crippen molar-refractivity contribution in [2.45, 2.75) is 45.8 Å². The molecule has 0 fully saturated rings. The van der Waals surface area contributed by atoms with Gasteiger partial charge in [0.25, 0.3) is 0 Å². The van der Waals surface area contributed by atoms with E-state index in [9.17, 15) is 0 Å². The highest BCUT2D eigenvalue weighted by Crippen LogP contribution is 2.13. The zero-order chi connectivity index (χ0) is 12.0. The van der Waals surface area contributed by atoms with Crippen molar-refractivity contribution in [3.8, 4) is 0 Å². The van der Waals surface area contributed by atoms with E-state index in [-0.39, 0.29) is 6.10 Å². The summed E-state index contributed by atoms with van der Waals surface area (Å²) in [6.45, 7) is 6.66. The SMILES string of the molecule is CCOC(C)c1noc(CCC(C)NC)n1. The minimum atomic E-state index is -0.0933. The van der Waals surface area contributed by atoms with Crippen LogP contribution in [0.5, 0.6) is 0 Å². The maximum Gasteiger partial charge on any atom is 0.226 e. The fraction of sp³-hybridized carbons (Fsp3) is 0.818. The van der Waals surface area contributed by atoms with Gasteiger partial charge in [-0.05, 0) is 34.2 Å². The Balaban J connectivity index is 2.45. The lowest BCUT2D eigenvalue weighted by Crippen LogP contribution is -2.21. The van der Waals surface area contributed by atoms with Gasteiger partial charge in [0.15, 0.2) is 5.82 Å². The molecule has 0 spiro atoms. The molecule has 0 bridgehead atoms. The summed E-state index contributed by atoms with van der Waals surface area (Å²) >= 11 is 0. The molecular weight excluding hydrogens is 206 g/mol. The summed E-state index contributed by atoms with van der Waals surface area (Å²) in [5.41, 5.74) is 0. The van der Waals surface area contributed by atoms with Gasteiger partial charge >= 0.3 is 0 Å². The standard InChI is InChI=1S/C11H21N3O2/c1-5-15-9(3)11-13-10(16-14-11)7-6-8(2)12-4/h8-9,12H,5-7H2,1-4H3. The monoisotopic (exact) mass is 227 g/mol.